The van der Waals surface area contributed by atoms with Crippen molar-refractivity contribution in [2.24, 2.45) is 0 Å². The Kier molecular flexibility index (Phi) is 6.85. The second-order valence-electron chi connectivity index (χ2n) is 5.24. The summed E-state index contributed by atoms with van der Waals surface area (Å²) >= 11 is 0. The molecular weight excluding hydrogens is 234 g/mol. The van der Waals surface area contributed by atoms with Crippen LogP contribution in [0.3, 0.4) is 0 Å². The highest BCUT2D eigenvalue weighted by Gasteiger charge is 2.11. The van der Waals surface area contributed by atoms with E-state index in [0.717, 1.165) is 31.9 Å². The van der Waals surface area contributed by atoms with E-state index in [9.17, 15) is 0 Å². The van der Waals surface area contributed by atoms with Gasteiger partial charge in [0.2, 0.25) is 0 Å². The summed E-state index contributed by atoms with van der Waals surface area (Å²) in [7, 11) is 0. The average molecular weight is 263 g/mol. The Labute approximate surface area is 118 Å². The predicted octanol–water partition coefficient (Wildman–Crippen LogP) is 3.38. The van der Waals surface area contributed by atoms with Gasteiger partial charge in [0.25, 0.3) is 0 Å². The van der Waals surface area contributed by atoms with Crippen molar-refractivity contribution >= 4 is 5.82 Å². The van der Waals surface area contributed by atoms with Crippen molar-refractivity contribution in [1.29, 1.82) is 0 Å². The number of rotatable bonds is 8. The van der Waals surface area contributed by atoms with Crippen LogP contribution in [0.15, 0.2) is 12.1 Å². The van der Waals surface area contributed by atoms with Crippen LogP contribution in [-0.2, 0) is 13.0 Å². The van der Waals surface area contributed by atoms with Gasteiger partial charge in [0.15, 0.2) is 0 Å². The van der Waals surface area contributed by atoms with Crippen LogP contribution in [0.25, 0.3) is 0 Å². The molecule has 0 amide bonds. The lowest BCUT2D eigenvalue weighted by molar-refractivity contribution is 0.667. The number of nitrogens with zero attached hydrogens (tertiary/aromatic N) is 2. The molecule has 0 radical (unpaired) electrons. The predicted molar refractivity (Wildman–Crippen MR) is 83.8 cm³/mol. The molecule has 0 spiro atoms. The van der Waals surface area contributed by atoms with Gasteiger partial charge >= 0.3 is 0 Å². The molecule has 3 nitrogen and oxygen atoms in total. The molecule has 19 heavy (non-hydrogen) atoms. The van der Waals surface area contributed by atoms with Crippen LogP contribution in [0.5, 0.6) is 0 Å². The third-order valence-corrected chi connectivity index (χ3v) is 3.30. The molecule has 0 atom stereocenters. The van der Waals surface area contributed by atoms with Crippen molar-refractivity contribution in [1.82, 2.24) is 10.3 Å². The van der Waals surface area contributed by atoms with Crippen LogP contribution in [0.4, 0.5) is 5.82 Å². The summed E-state index contributed by atoms with van der Waals surface area (Å²) in [4.78, 5) is 7.12. The van der Waals surface area contributed by atoms with Crippen molar-refractivity contribution in [3.63, 3.8) is 0 Å². The molecule has 0 unspecified atom stereocenters. The molecule has 0 aliphatic rings. The zero-order valence-corrected chi connectivity index (χ0v) is 13.2. The second-order valence-corrected chi connectivity index (χ2v) is 5.24. The topological polar surface area (TPSA) is 28.2 Å². The molecule has 0 fully saturated rings. The van der Waals surface area contributed by atoms with E-state index >= 15 is 0 Å². The minimum Gasteiger partial charge on any atom is -0.354 e. The molecule has 0 aliphatic carbocycles. The molecule has 0 saturated carbocycles. The van der Waals surface area contributed by atoms with E-state index in [-0.39, 0.29) is 0 Å². The highest BCUT2D eigenvalue weighted by atomic mass is 15.2. The van der Waals surface area contributed by atoms with E-state index in [1.807, 2.05) is 0 Å². The molecule has 1 N–H and O–H groups in total. The van der Waals surface area contributed by atoms with Crippen molar-refractivity contribution < 1.29 is 0 Å². The van der Waals surface area contributed by atoms with Crippen LogP contribution in [0.1, 0.15) is 52.3 Å². The summed E-state index contributed by atoms with van der Waals surface area (Å²) in [6.07, 6.45) is 2.16. The summed E-state index contributed by atoms with van der Waals surface area (Å²) in [5.41, 5.74) is 2.53. The van der Waals surface area contributed by atoms with Crippen LogP contribution in [0.2, 0.25) is 0 Å². The van der Waals surface area contributed by atoms with E-state index < -0.39 is 0 Å². The summed E-state index contributed by atoms with van der Waals surface area (Å²) < 4.78 is 0. The van der Waals surface area contributed by atoms with Gasteiger partial charge < -0.3 is 10.2 Å². The number of hydrogen-bond acceptors (Lipinski definition) is 3. The maximum Gasteiger partial charge on any atom is 0.129 e. The SMILES string of the molecule is CCCNCc1cc(CC)nc(N(CC)C(C)C)c1. The van der Waals surface area contributed by atoms with Gasteiger partial charge in [-0.2, -0.15) is 0 Å². The number of nitrogens with one attached hydrogen (secondary N) is 1. The highest BCUT2D eigenvalue weighted by molar-refractivity contribution is 5.43. The van der Waals surface area contributed by atoms with Gasteiger partial charge in [-0.3, -0.25) is 0 Å². The highest BCUT2D eigenvalue weighted by Crippen LogP contribution is 2.18. The number of aryl methyl sites for hydroxylation is 1. The maximum atomic E-state index is 4.77. The zero-order chi connectivity index (χ0) is 14.3. The third kappa shape index (κ3) is 4.83. The number of hydrogen-bond donors (Lipinski definition) is 1. The molecule has 1 aromatic rings. The van der Waals surface area contributed by atoms with Gasteiger partial charge in [-0.05, 0) is 57.9 Å². The smallest absolute Gasteiger partial charge is 0.129 e. The lowest BCUT2D eigenvalue weighted by Crippen LogP contribution is -2.31. The Morgan fingerprint density at radius 1 is 1.21 bits per heavy atom. The first-order valence-electron chi connectivity index (χ1n) is 7.59. The Hall–Kier alpha value is -1.09. The van der Waals surface area contributed by atoms with Crippen LogP contribution < -0.4 is 10.2 Å². The Morgan fingerprint density at radius 2 is 1.95 bits per heavy atom. The summed E-state index contributed by atoms with van der Waals surface area (Å²) in [6.45, 7) is 14.0. The monoisotopic (exact) mass is 263 g/mol. The first kappa shape index (κ1) is 16.0. The van der Waals surface area contributed by atoms with E-state index in [0.29, 0.717) is 6.04 Å². The van der Waals surface area contributed by atoms with Crippen LogP contribution in [-0.4, -0.2) is 24.1 Å². The molecule has 1 aromatic heterocycles. The molecule has 0 aromatic carbocycles. The van der Waals surface area contributed by atoms with Gasteiger partial charge in [-0.15, -0.1) is 0 Å². The first-order chi connectivity index (χ1) is 9.12. The molecule has 1 heterocycles. The lowest BCUT2D eigenvalue weighted by Gasteiger charge is -2.27. The summed E-state index contributed by atoms with van der Waals surface area (Å²) in [6, 6.07) is 4.94. The Bertz CT molecular complexity index is 374. The van der Waals surface area contributed by atoms with E-state index in [2.05, 4.69) is 57.0 Å². The van der Waals surface area contributed by atoms with E-state index in [4.69, 9.17) is 4.98 Å². The molecule has 0 aliphatic heterocycles. The van der Waals surface area contributed by atoms with Gasteiger partial charge in [0.05, 0.1) is 0 Å². The minimum atomic E-state index is 0.487. The molecule has 0 bridgehead atoms. The van der Waals surface area contributed by atoms with E-state index in [1.165, 1.54) is 17.7 Å². The van der Waals surface area contributed by atoms with Crippen molar-refractivity contribution in [3.05, 3.63) is 23.4 Å². The van der Waals surface area contributed by atoms with Gasteiger partial charge in [0, 0.05) is 24.8 Å². The Morgan fingerprint density at radius 3 is 2.47 bits per heavy atom. The molecule has 3 heteroatoms. The zero-order valence-electron chi connectivity index (χ0n) is 13.2. The quantitative estimate of drug-likeness (QED) is 0.729. The summed E-state index contributed by atoms with van der Waals surface area (Å²) in [5, 5.41) is 3.47. The van der Waals surface area contributed by atoms with Crippen LogP contribution in [0, 0.1) is 0 Å². The van der Waals surface area contributed by atoms with Crippen molar-refractivity contribution in [3.8, 4) is 0 Å². The Balaban J connectivity index is 2.93. The minimum absolute atomic E-state index is 0.487. The number of aromatic nitrogens is 1. The average Bonchev–Trinajstić information content (AvgIpc) is 2.39. The third-order valence-electron chi connectivity index (χ3n) is 3.30. The number of pyridine rings is 1. The molecule has 1 rings (SSSR count). The fraction of sp³-hybridized carbons (Fsp3) is 0.688. The van der Waals surface area contributed by atoms with Gasteiger partial charge in [0.1, 0.15) is 5.82 Å². The van der Waals surface area contributed by atoms with E-state index in [1.54, 1.807) is 0 Å². The lowest BCUT2D eigenvalue weighted by atomic mass is 10.1. The largest absolute Gasteiger partial charge is 0.354 e. The number of anilines is 1. The molecule has 0 saturated heterocycles. The molecular formula is C16H29N3. The van der Waals surface area contributed by atoms with Gasteiger partial charge in [-0.1, -0.05) is 13.8 Å². The standard InChI is InChI=1S/C16H29N3/c1-6-9-17-12-14-10-15(7-2)18-16(11-14)19(8-3)13(4)5/h10-11,13,17H,6-9,12H2,1-5H3. The molecule has 108 valence electrons. The van der Waals surface area contributed by atoms with Crippen molar-refractivity contribution in [2.45, 2.75) is 60.0 Å². The first-order valence-corrected chi connectivity index (χ1v) is 7.59. The van der Waals surface area contributed by atoms with Gasteiger partial charge in [-0.25, -0.2) is 4.98 Å². The summed E-state index contributed by atoms with van der Waals surface area (Å²) in [5.74, 6) is 1.12. The second kappa shape index (κ2) is 8.16. The normalized spacial score (nSPS) is 11.1. The fourth-order valence-electron chi connectivity index (χ4n) is 2.26. The van der Waals surface area contributed by atoms with Crippen LogP contribution >= 0.6 is 0 Å². The fourth-order valence-corrected chi connectivity index (χ4v) is 2.26. The van der Waals surface area contributed by atoms with Crippen molar-refractivity contribution in [2.75, 3.05) is 18.0 Å². The maximum absolute atomic E-state index is 4.77.